The van der Waals surface area contributed by atoms with Crippen LogP contribution < -0.4 is 5.32 Å². The number of carbonyl (C=O) groups is 3. The third-order valence-electron chi connectivity index (χ3n) is 5.71. The summed E-state index contributed by atoms with van der Waals surface area (Å²) in [4.78, 5) is 38.7. The largest absolute Gasteiger partial charge is 0.325 e. The molecule has 0 heterocycles. The summed E-state index contributed by atoms with van der Waals surface area (Å²) in [7, 11) is 0. The monoisotopic (exact) mass is 413 g/mol. The van der Waals surface area contributed by atoms with E-state index in [1.165, 1.54) is 0 Å². The second-order valence-corrected chi connectivity index (χ2v) is 8.71. The van der Waals surface area contributed by atoms with Gasteiger partial charge in [0.15, 0.2) is 11.6 Å². The maximum atomic E-state index is 13.0. The van der Waals surface area contributed by atoms with E-state index < -0.39 is 0 Å². The van der Waals surface area contributed by atoms with Crippen molar-refractivity contribution in [2.75, 3.05) is 5.32 Å². The van der Waals surface area contributed by atoms with Gasteiger partial charge in [-0.05, 0) is 23.5 Å². The molecule has 2 aliphatic carbocycles. The van der Waals surface area contributed by atoms with Gasteiger partial charge in [0.25, 0.3) is 0 Å². The molecule has 2 aliphatic rings. The number of nitrogens with one attached hydrogen (secondary N) is 1. The number of rotatable bonds is 3. The van der Waals surface area contributed by atoms with Crippen LogP contribution in [0.3, 0.4) is 0 Å². The van der Waals surface area contributed by atoms with Crippen LogP contribution in [0.4, 0.5) is 5.69 Å². The highest BCUT2D eigenvalue weighted by molar-refractivity contribution is 6.55. The summed E-state index contributed by atoms with van der Waals surface area (Å²) < 4.78 is 0.128. The maximum Gasteiger partial charge on any atom is 0.228 e. The Bertz CT molecular complexity index is 1070. The van der Waals surface area contributed by atoms with Crippen molar-refractivity contribution < 1.29 is 14.4 Å². The molecular formula is C22H17Cl2NO3. The standard InChI is InChI=1S/C22H17Cl2NO3/c1-22(2)14(10-16(23)24)18(22)21(28)25-15-9-5-8-13-17(15)20(27)12-7-4-3-6-11(12)19(13)26/h3-10,14,18H,1-2H3,(H,25,28)/t14-,18+/m0/s1. The zero-order valence-electron chi connectivity index (χ0n) is 15.3. The zero-order chi connectivity index (χ0) is 20.2. The van der Waals surface area contributed by atoms with Gasteiger partial charge in [-0.3, -0.25) is 14.4 Å². The van der Waals surface area contributed by atoms with Gasteiger partial charge in [-0.2, -0.15) is 0 Å². The Kier molecular flexibility index (Phi) is 4.44. The van der Waals surface area contributed by atoms with E-state index >= 15 is 0 Å². The third-order valence-corrected chi connectivity index (χ3v) is 5.96. The average Bonchev–Trinajstić information content (AvgIpc) is 3.18. The number of ketones is 2. The number of anilines is 1. The van der Waals surface area contributed by atoms with E-state index in [1.54, 1.807) is 48.5 Å². The minimum atomic E-state index is -0.322. The fourth-order valence-electron chi connectivity index (χ4n) is 4.08. The smallest absolute Gasteiger partial charge is 0.228 e. The van der Waals surface area contributed by atoms with E-state index in [0.29, 0.717) is 22.4 Å². The topological polar surface area (TPSA) is 63.2 Å². The number of benzene rings is 2. The molecule has 1 N–H and O–H groups in total. The highest BCUT2D eigenvalue weighted by Gasteiger charge is 2.60. The summed E-state index contributed by atoms with van der Waals surface area (Å²) in [5, 5.41) is 2.85. The molecule has 0 unspecified atom stereocenters. The summed E-state index contributed by atoms with van der Waals surface area (Å²) in [6, 6.07) is 11.6. The van der Waals surface area contributed by atoms with Gasteiger partial charge in [-0.15, -0.1) is 0 Å². The quantitative estimate of drug-likeness (QED) is 0.657. The summed E-state index contributed by atoms with van der Waals surface area (Å²) in [5.41, 5.74) is 1.33. The highest BCUT2D eigenvalue weighted by Crippen LogP contribution is 2.60. The zero-order valence-corrected chi connectivity index (χ0v) is 16.8. The molecule has 142 valence electrons. The van der Waals surface area contributed by atoms with Crippen molar-refractivity contribution in [3.05, 3.63) is 75.3 Å². The van der Waals surface area contributed by atoms with Gasteiger partial charge in [-0.25, -0.2) is 0 Å². The number of halogens is 2. The molecule has 0 spiro atoms. The van der Waals surface area contributed by atoms with Gasteiger partial charge in [0.05, 0.1) is 17.2 Å². The van der Waals surface area contributed by atoms with E-state index in [4.69, 9.17) is 23.2 Å². The molecule has 0 bridgehead atoms. The minimum Gasteiger partial charge on any atom is -0.325 e. The average molecular weight is 414 g/mol. The van der Waals surface area contributed by atoms with Crippen molar-refractivity contribution in [1.29, 1.82) is 0 Å². The molecule has 1 amide bonds. The lowest BCUT2D eigenvalue weighted by Crippen LogP contribution is -2.25. The van der Waals surface area contributed by atoms with Crippen molar-refractivity contribution in [2.24, 2.45) is 17.3 Å². The maximum absolute atomic E-state index is 13.0. The first-order chi connectivity index (χ1) is 13.2. The van der Waals surface area contributed by atoms with Crippen molar-refractivity contribution >= 4 is 46.4 Å². The van der Waals surface area contributed by atoms with Crippen molar-refractivity contribution in [3.63, 3.8) is 0 Å². The molecular weight excluding hydrogens is 397 g/mol. The predicted molar refractivity (Wildman–Crippen MR) is 109 cm³/mol. The lowest BCUT2D eigenvalue weighted by Gasteiger charge is -2.20. The van der Waals surface area contributed by atoms with E-state index in [0.717, 1.165) is 0 Å². The molecule has 2 aromatic carbocycles. The van der Waals surface area contributed by atoms with Gasteiger partial charge in [0, 0.05) is 16.7 Å². The summed E-state index contributed by atoms with van der Waals surface area (Å²) in [6.07, 6.45) is 1.67. The Hall–Kier alpha value is -2.43. The third kappa shape index (κ3) is 2.88. The molecule has 1 saturated carbocycles. The summed E-state index contributed by atoms with van der Waals surface area (Å²) in [5.74, 6) is -1.12. The molecule has 0 aliphatic heterocycles. The van der Waals surface area contributed by atoms with Crippen LogP contribution in [0.25, 0.3) is 0 Å². The second-order valence-electron chi connectivity index (χ2n) is 7.70. The van der Waals surface area contributed by atoms with E-state index in [9.17, 15) is 14.4 Å². The molecule has 0 aromatic heterocycles. The predicted octanol–water partition coefficient (Wildman–Crippen LogP) is 4.99. The Morgan fingerprint density at radius 3 is 2.21 bits per heavy atom. The van der Waals surface area contributed by atoms with Gasteiger partial charge >= 0.3 is 0 Å². The van der Waals surface area contributed by atoms with E-state index in [2.05, 4.69) is 5.32 Å². The highest BCUT2D eigenvalue weighted by atomic mass is 35.5. The van der Waals surface area contributed by atoms with Crippen LogP contribution in [-0.4, -0.2) is 17.5 Å². The first kappa shape index (κ1) is 18.9. The van der Waals surface area contributed by atoms with Gasteiger partial charge in [0.2, 0.25) is 5.91 Å². The van der Waals surface area contributed by atoms with Crippen molar-refractivity contribution in [2.45, 2.75) is 13.8 Å². The van der Waals surface area contributed by atoms with Crippen LogP contribution in [0, 0.1) is 17.3 Å². The molecule has 6 heteroatoms. The molecule has 0 saturated heterocycles. The summed E-state index contributed by atoms with van der Waals surface area (Å²) in [6.45, 7) is 3.92. The fourth-order valence-corrected chi connectivity index (χ4v) is 4.36. The minimum absolute atomic E-state index is 0.0879. The Labute approximate surface area is 172 Å². The van der Waals surface area contributed by atoms with Gasteiger partial charge in [0.1, 0.15) is 4.49 Å². The molecule has 0 radical (unpaired) electrons. The second kappa shape index (κ2) is 6.57. The van der Waals surface area contributed by atoms with Crippen LogP contribution in [0.15, 0.2) is 53.0 Å². The molecule has 4 rings (SSSR count). The number of hydrogen-bond acceptors (Lipinski definition) is 3. The lowest BCUT2D eigenvalue weighted by atomic mass is 9.83. The first-order valence-electron chi connectivity index (χ1n) is 8.88. The normalized spacial score (nSPS) is 21.4. The van der Waals surface area contributed by atoms with Crippen molar-refractivity contribution in [3.8, 4) is 0 Å². The number of fused-ring (bicyclic) bond motifs is 2. The van der Waals surface area contributed by atoms with E-state index in [-0.39, 0.29) is 44.8 Å². The van der Waals surface area contributed by atoms with Crippen LogP contribution in [0.2, 0.25) is 0 Å². The molecule has 2 atom stereocenters. The molecule has 28 heavy (non-hydrogen) atoms. The number of amides is 1. The van der Waals surface area contributed by atoms with Crippen molar-refractivity contribution in [1.82, 2.24) is 0 Å². The van der Waals surface area contributed by atoms with Crippen LogP contribution in [0.1, 0.15) is 45.7 Å². The Morgan fingerprint density at radius 1 is 0.964 bits per heavy atom. The number of allylic oxidation sites excluding steroid dienone is 1. The lowest BCUT2D eigenvalue weighted by molar-refractivity contribution is -0.118. The molecule has 2 aromatic rings. The molecule has 1 fully saturated rings. The van der Waals surface area contributed by atoms with Gasteiger partial charge in [-0.1, -0.05) is 73.4 Å². The number of carbonyl (C=O) groups excluding carboxylic acids is 3. The first-order valence-corrected chi connectivity index (χ1v) is 9.64. The Balaban J connectivity index is 1.69. The molecule has 4 nitrogen and oxygen atoms in total. The van der Waals surface area contributed by atoms with Gasteiger partial charge < -0.3 is 5.32 Å². The van der Waals surface area contributed by atoms with Crippen LogP contribution >= 0.6 is 23.2 Å². The van der Waals surface area contributed by atoms with Crippen LogP contribution in [-0.2, 0) is 4.79 Å². The fraction of sp³-hybridized carbons (Fsp3) is 0.227. The SMILES string of the molecule is CC1(C)[C@@H](C=C(Cl)Cl)[C@@H]1C(=O)Nc1cccc2c1C(=O)c1ccccc1C2=O. The van der Waals surface area contributed by atoms with E-state index in [1.807, 2.05) is 13.8 Å². The summed E-state index contributed by atoms with van der Waals surface area (Å²) >= 11 is 11.5. The van der Waals surface area contributed by atoms with Crippen LogP contribution in [0.5, 0.6) is 0 Å². The Morgan fingerprint density at radius 2 is 1.57 bits per heavy atom. The number of hydrogen-bond donors (Lipinski definition) is 1.